The summed E-state index contributed by atoms with van der Waals surface area (Å²) in [4.78, 5) is 8.29. The van der Waals surface area contributed by atoms with E-state index in [1.54, 1.807) is 0 Å². The van der Waals surface area contributed by atoms with Gasteiger partial charge in [-0.1, -0.05) is 35.9 Å². The average Bonchev–Trinajstić information content (AvgIpc) is 2.45. The molecule has 74 valence electrons. The van der Waals surface area contributed by atoms with Gasteiger partial charge in [-0.15, -0.1) is 0 Å². The summed E-state index contributed by atoms with van der Waals surface area (Å²) in [6.45, 7) is 4.35. The fourth-order valence-corrected chi connectivity index (χ4v) is 2.43. The second kappa shape index (κ2) is 3.35. The van der Waals surface area contributed by atoms with Crippen molar-refractivity contribution < 1.29 is 0 Å². The minimum Gasteiger partial charge on any atom is -0.383 e. The van der Waals surface area contributed by atoms with Crippen LogP contribution in [0.3, 0.4) is 0 Å². The quantitative estimate of drug-likeness (QED) is 0.837. The van der Waals surface area contributed by atoms with Gasteiger partial charge in [0.05, 0.1) is 11.3 Å². The van der Waals surface area contributed by atoms with Crippen LogP contribution in [0, 0.1) is 5.92 Å². The summed E-state index contributed by atoms with van der Waals surface area (Å²) in [5.41, 5.74) is 7.81. The van der Waals surface area contributed by atoms with Gasteiger partial charge in [0, 0.05) is 10.4 Å². The van der Waals surface area contributed by atoms with Crippen molar-refractivity contribution in [2.24, 2.45) is 5.92 Å². The molecule has 1 aliphatic rings. The summed E-state index contributed by atoms with van der Waals surface area (Å²) >= 11 is 3.50. The first-order valence-electron chi connectivity index (χ1n) is 4.59. The van der Waals surface area contributed by atoms with E-state index in [0.29, 0.717) is 17.7 Å². The van der Waals surface area contributed by atoms with Crippen molar-refractivity contribution >= 4 is 26.2 Å². The summed E-state index contributed by atoms with van der Waals surface area (Å²) in [6.07, 6.45) is 3.68. The molecule has 0 radical (unpaired) electrons. The fourth-order valence-electron chi connectivity index (χ4n) is 1.74. The lowest BCUT2D eigenvalue weighted by atomic mass is 9.94. The number of hydrogen-bond donors (Lipinski definition) is 1. The van der Waals surface area contributed by atoms with Gasteiger partial charge in [0.1, 0.15) is 12.1 Å². The molecule has 1 aliphatic carbocycles. The Labute approximate surface area is 91.6 Å². The van der Waals surface area contributed by atoms with Crippen LogP contribution in [0.15, 0.2) is 12.4 Å². The van der Waals surface area contributed by atoms with Gasteiger partial charge >= 0.3 is 0 Å². The van der Waals surface area contributed by atoms with Crippen molar-refractivity contribution in [2.45, 2.75) is 19.8 Å². The van der Waals surface area contributed by atoms with Gasteiger partial charge in [-0.25, -0.2) is 9.97 Å². The number of fused-ring (bicyclic) bond motifs is 1. The van der Waals surface area contributed by atoms with Crippen LogP contribution >= 0.6 is 15.9 Å². The maximum Gasteiger partial charge on any atom is 0.135 e. The molecule has 2 N–H and O–H groups in total. The highest BCUT2D eigenvalue weighted by molar-refractivity contribution is 9.15. The molecule has 0 aromatic carbocycles. The Kier molecular flexibility index (Phi) is 2.31. The molecule has 1 unspecified atom stereocenters. The highest BCUT2D eigenvalue weighted by Crippen LogP contribution is 2.43. The fraction of sp³-hybridized carbons (Fsp3) is 0.400. The molecule has 0 amide bonds. The van der Waals surface area contributed by atoms with E-state index in [9.17, 15) is 0 Å². The molecule has 0 aliphatic heterocycles. The summed E-state index contributed by atoms with van der Waals surface area (Å²) in [5, 5.41) is 0. The van der Waals surface area contributed by atoms with Gasteiger partial charge in [0.15, 0.2) is 0 Å². The lowest BCUT2D eigenvalue weighted by molar-refractivity contribution is 0.572. The Morgan fingerprint density at radius 3 is 2.79 bits per heavy atom. The maximum absolute atomic E-state index is 5.80. The molecule has 0 saturated carbocycles. The van der Waals surface area contributed by atoms with Crippen molar-refractivity contribution in [1.82, 2.24) is 9.97 Å². The number of halogens is 1. The largest absolute Gasteiger partial charge is 0.383 e. The van der Waals surface area contributed by atoms with Crippen LogP contribution in [0.25, 0.3) is 4.48 Å². The van der Waals surface area contributed by atoms with E-state index in [1.165, 1.54) is 6.33 Å². The molecule has 2 rings (SSSR count). The summed E-state index contributed by atoms with van der Waals surface area (Å²) in [6, 6.07) is 0. The molecule has 1 aromatic rings. The molecular formula is C10H12BrN3. The monoisotopic (exact) mass is 253 g/mol. The van der Waals surface area contributed by atoms with Crippen LogP contribution in [0.4, 0.5) is 5.82 Å². The number of anilines is 1. The predicted molar refractivity (Wildman–Crippen MR) is 60.9 cm³/mol. The predicted octanol–water partition coefficient (Wildman–Crippen LogP) is 2.55. The Hall–Kier alpha value is -0.900. The Morgan fingerprint density at radius 1 is 1.43 bits per heavy atom. The van der Waals surface area contributed by atoms with Crippen LogP contribution in [0.5, 0.6) is 0 Å². The third-order valence-electron chi connectivity index (χ3n) is 2.50. The molecular weight excluding hydrogens is 242 g/mol. The second-order valence-electron chi connectivity index (χ2n) is 3.80. The molecule has 14 heavy (non-hydrogen) atoms. The van der Waals surface area contributed by atoms with E-state index in [2.05, 4.69) is 45.8 Å². The zero-order chi connectivity index (χ0) is 10.3. The summed E-state index contributed by atoms with van der Waals surface area (Å²) < 4.78 is 1.02. The summed E-state index contributed by atoms with van der Waals surface area (Å²) in [7, 11) is 0. The highest BCUT2D eigenvalue weighted by atomic mass is 79.9. The van der Waals surface area contributed by atoms with Gasteiger partial charge in [0.25, 0.3) is 0 Å². The number of aromatic nitrogens is 2. The SMILES string of the molecule is CC(C)C1C=C(Br)c2c(N)ncnc21. The Balaban J connectivity index is 2.57. The minimum atomic E-state index is 0.352. The van der Waals surface area contributed by atoms with Crippen LogP contribution in [-0.2, 0) is 0 Å². The lowest BCUT2D eigenvalue weighted by Crippen LogP contribution is -2.06. The highest BCUT2D eigenvalue weighted by Gasteiger charge is 2.28. The van der Waals surface area contributed by atoms with Crippen molar-refractivity contribution in [3.05, 3.63) is 23.7 Å². The first kappa shape index (κ1) is 9.65. The number of hydrogen-bond acceptors (Lipinski definition) is 3. The van der Waals surface area contributed by atoms with E-state index in [4.69, 9.17) is 5.73 Å². The zero-order valence-corrected chi connectivity index (χ0v) is 9.75. The number of rotatable bonds is 1. The first-order chi connectivity index (χ1) is 6.61. The first-order valence-corrected chi connectivity index (χ1v) is 5.38. The smallest absolute Gasteiger partial charge is 0.135 e. The Bertz CT molecular complexity index is 398. The second-order valence-corrected chi connectivity index (χ2v) is 4.66. The molecule has 1 aromatic heterocycles. The van der Waals surface area contributed by atoms with Crippen molar-refractivity contribution in [1.29, 1.82) is 0 Å². The van der Waals surface area contributed by atoms with Crippen LogP contribution < -0.4 is 5.73 Å². The number of allylic oxidation sites excluding steroid dienone is 1. The topological polar surface area (TPSA) is 51.8 Å². The normalized spacial score (nSPS) is 19.7. The van der Waals surface area contributed by atoms with Crippen molar-refractivity contribution in [3.8, 4) is 0 Å². The van der Waals surface area contributed by atoms with Crippen molar-refractivity contribution in [2.75, 3.05) is 5.73 Å². The lowest BCUT2D eigenvalue weighted by Gasteiger charge is -2.13. The molecule has 0 bridgehead atoms. The molecule has 0 fully saturated rings. The third-order valence-corrected chi connectivity index (χ3v) is 3.17. The molecule has 1 heterocycles. The van der Waals surface area contributed by atoms with E-state index < -0.39 is 0 Å². The van der Waals surface area contributed by atoms with Gasteiger partial charge in [-0.2, -0.15) is 0 Å². The van der Waals surface area contributed by atoms with E-state index in [0.717, 1.165) is 15.7 Å². The third kappa shape index (κ3) is 1.34. The van der Waals surface area contributed by atoms with E-state index >= 15 is 0 Å². The van der Waals surface area contributed by atoms with Crippen LogP contribution in [0.1, 0.15) is 31.0 Å². The zero-order valence-electron chi connectivity index (χ0n) is 8.16. The van der Waals surface area contributed by atoms with Gasteiger partial charge in [-0.05, 0) is 5.92 Å². The standard InChI is InChI=1S/C10H12BrN3/c1-5(2)6-3-7(11)8-9(6)13-4-14-10(8)12/h3-6H,1-2H3,(H2,12,13,14). The van der Waals surface area contributed by atoms with Crippen LogP contribution in [0.2, 0.25) is 0 Å². The number of nitrogens with zero attached hydrogens (tertiary/aromatic N) is 2. The average molecular weight is 254 g/mol. The van der Waals surface area contributed by atoms with E-state index in [1.807, 2.05) is 0 Å². The molecule has 1 atom stereocenters. The summed E-state index contributed by atoms with van der Waals surface area (Å²) in [5.74, 6) is 1.43. The van der Waals surface area contributed by atoms with Gasteiger partial charge in [-0.3, -0.25) is 0 Å². The molecule has 4 heteroatoms. The van der Waals surface area contributed by atoms with E-state index in [-0.39, 0.29) is 0 Å². The van der Waals surface area contributed by atoms with Gasteiger partial charge in [0.2, 0.25) is 0 Å². The Morgan fingerprint density at radius 2 is 2.14 bits per heavy atom. The maximum atomic E-state index is 5.80. The van der Waals surface area contributed by atoms with Crippen LogP contribution in [-0.4, -0.2) is 9.97 Å². The molecule has 0 spiro atoms. The molecule has 0 saturated heterocycles. The van der Waals surface area contributed by atoms with Crippen molar-refractivity contribution in [3.63, 3.8) is 0 Å². The minimum absolute atomic E-state index is 0.352. The molecule has 3 nitrogen and oxygen atoms in total. The number of nitrogens with two attached hydrogens (primary N) is 1. The van der Waals surface area contributed by atoms with Gasteiger partial charge < -0.3 is 5.73 Å². The number of nitrogen functional groups attached to an aromatic ring is 1.